The van der Waals surface area contributed by atoms with Gasteiger partial charge in [0.1, 0.15) is 11.5 Å². The molecule has 3 aromatic rings. The highest BCUT2D eigenvalue weighted by molar-refractivity contribution is 6.13. The number of aromatic nitrogens is 1. The average molecular weight is 361 g/mol. The summed E-state index contributed by atoms with van der Waals surface area (Å²) in [5.41, 5.74) is 7.88. The van der Waals surface area contributed by atoms with E-state index in [0.29, 0.717) is 22.5 Å². The van der Waals surface area contributed by atoms with Gasteiger partial charge in [-0.05, 0) is 36.4 Å². The van der Waals surface area contributed by atoms with Gasteiger partial charge < -0.3 is 20.2 Å². The topological polar surface area (TPSA) is 138 Å². The van der Waals surface area contributed by atoms with E-state index in [9.17, 15) is 4.79 Å². The molecule has 0 aliphatic heterocycles. The normalized spacial score (nSPS) is 10.1. The summed E-state index contributed by atoms with van der Waals surface area (Å²) in [5, 5.41) is 19.9. The summed E-state index contributed by atoms with van der Waals surface area (Å²) in [6.45, 7) is 0. The fourth-order valence-corrected chi connectivity index (χ4v) is 2.47. The molecule has 0 fully saturated rings. The van der Waals surface area contributed by atoms with Crippen molar-refractivity contribution in [1.82, 2.24) is 4.98 Å². The van der Waals surface area contributed by atoms with E-state index in [1.54, 1.807) is 18.2 Å². The van der Waals surface area contributed by atoms with Gasteiger partial charge >= 0.3 is 0 Å². The Hall–Kier alpha value is -4.12. The molecule has 0 saturated heterocycles. The van der Waals surface area contributed by atoms with Gasteiger partial charge in [0.15, 0.2) is 12.2 Å². The lowest BCUT2D eigenvalue weighted by molar-refractivity contribution is 0.102. The Labute approximate surface area is 154 Å². The monoisotopic (exact) mass is 361 g/mol. The summed E-state index contributed by atoms with van der Waals surface area (Å²) in [6.07, 6.45) is 2.64. The quantitative estimate of drug-likeness (QED) is 0.472. The first-order chi connectivity index (χ1) is 13.0. The minimum atomic E-state index is -0.418. The third kappa shape index (κ3) is 3.62. The molecule has 0 bridgehead atoms. The molecule has 134 valence electrons. The van der Waals surface area contributed by atoms with Crippen LogP contribution in [0.4, 0.5) is 11.4 Å². The number of hydrogen-bond donors (Lipinski definition) is 3. The lowest BCUT2D eigenvalue weighted by atomic mass is 10.0. The van der Waals surface area contributed by atoms with Crippen molar-refractivity contribution in [2.45, 2.75) is 0 Å². The number of rotatable bonds is 5. The number of amides is 1. The maximum Gasteiger partial charge on any atom is 0.259 e. The van der Waals surface area contributed by atoms with Gasteiger partial charge in [-0.25, -0.2) is 4.98 Å². The zero-order chi connectivity index (χ0) is 19.4. The SMILES string of the molecule is COc1cc(C#N)ccc1C(=O)Nc1ccc(N)c(C(=N)c2cnco2)c1. The Morgan fingerprint density at radius 2 is 2.11 bits per heavy atom. The maximum atomic E-state index is 12.6. The van der Waals surface area contributed by atoms with Gasteiger partial charge in [-0.15, -0.1) is 0 Å². The van der Waals surface area contributed by atoms with Gasteiger partial charge in [-0.1, -0.05) is 0 Å². The maximum absolute atomic E-state index is 12.6. The van der Waals surface area contributed by atoms with Crippen LogP contribution in [0.1, 0.15) is 27.2 Å². The van der Waals surface area contributed by atoms with E-state index in [1.165, 1.54) is 37.9 Å². The molecular weight excluding hydrogens is 346 g/mol. The smallest absolute Gasteiger partial charge is 0.259 e. The van der Waals surface area contributed by atoms with Gasteiger partial charge in [0.25, 0.3) is 5.91 Å². The van der Waals surface area contributed by atoms with Crippen LogP contribution in [0.2, 0.25) is 0 Å². The number of nitrogens with one attached hydrogen (secondary N) is 2. The molecule has 0 atom stereocenters. The number of carbonyl (C=O) groups is 1. The fourth-order valence-electron chi connectivity index (χ4n) is 2.47. The van der Waals surface area contributed by atoms with Crippen LogP contribution in [-0.4, -0.2) is 23.7 Å². The molecule has 8 heteroatoms. The highest BCUT2D eigenvalue weighted by atomic mass is 16.5. The van der Waals surface area contributed by atoms with E-state index in [1.807, 2.05) is 6.07 Å². The molecule has 1 aromatic heterocycles. The van der Waals surface area contributed by atoms with Gasteiger partial charge in [0.05, 0.1) is 30.5 Å². The first-order valence-electron chi connectivity index (χ1n) is 7.80. The first-order valence-corrected chi connectivity index (χ1v) is 7.80. The second kappa shape index (κ2) is 7.41. The molecule has 3 rings (SSSR count). The molecule has 0 radical (unpaired) electrons. The van der Waals surface area contributed by atoms with Crippen molar-refractivity contribution in [3.63, 3.8) is 0 Å². The molecule has 4 N–H and O–H groups in total. The molecular formula is C19H15N5O3. The third-order valence-electron chi connectivity index (χ3n) is 3.83. The number of methoxy groups -OCH3 is 1. The average Bonchev–Trinajstić information content (AvgIpc) is 3.23. The van der Waals surface area contributed by atoms with Crippen molar-refractivity contribution in [1.29, 1.82) is 10.7 Å². The molecule has 0 aliphatic carbocycles. The lowest BCUT2D eigenvalue weighted by Gasteiger charge is -2.12. The Kier molecular flexibility index (Phi) is 4.86. The van der Waals surface area contributed by atoms with Gasteiger partial charge in [-0.3, -0.25) is 10.2 Å². The molecule has 8 nitrogen and oxygen atoms in total. The number of ether oxygens (including phenoxy) is 1. The van der Waals surface area contributed by atoms with Crippen LogP contribution < -0.4 is 15.8 Å². The van der Waals surface area contributed by atoms with Crippen molar-refractivity contribution < 1.29 is 13.9 Å². The van der Waals surface area contributed by atoms with Crippen LogP contribution in [0.5, 0.6) is 5.75 Å². The predicted molar refractivity (Wildman–Crippen MR) is 99.0 cm³/mol. The van der Waals surface area contributed by atoms with Crippen LogP contribution in [-0.2, 0) is 0 Å². The highest BCUT2D eigenvalue weighted by Gasteiger charge is 2.16. The first kappa shape index (κ1) is 17.7. The molecule has 27 heavy (non-hydrogen) atoms. The standard InChI is InChI=1S/C19H15N5O3/c1-26-16-6-11(8-20)2-4-13(16)19(25)24-12-3-5-15(21)14(7-12)18(22)17-9-23-10-27-17/h2-7,9-10,22H,21H2,1H3,(H,24,25). The Balaban J connectivity index is 1.88. The minimum Gasteiger partial charge on any atom is -0.496 e. The minimum absolute atomic E-state index is 0.0528. The second-order valence-electron chi connectivity index (χ2n) is 5.52. The van der Waals surface area contributed by atoms with Gasteiger partial charge in [-0.2, -0.15) is 5.26 Å². The van der Waals surface area contributed by atoms with E-state index in [0.717, 1.165) is 0 Å². The van der Waals surface area contributed by atoms with Crippen LogP contribution in [0.25, 0.3) is 0 Å². The van der Waals surface area contributed by atoms with Crippen molar-refractivity contribution in [3.8, 4) is 11.8 Å². The molecule has 1 amide bonds. The summed E-state index contributed by atoms with van der Waals surface area (Å²) < 4.78 is 10.3. The zero-order valence-corrected chi connectivity index (χ0v) is 14.3. The molecule has 2 aromatic carbocycles. The summed E-state index contributed by atoms with van der Waals surface area (Å²) in [6, 6.07) is 11.3. The second-order valence-corrected chi connectivity index (χ2v) is 5.52. The van der Waals surface area contributed by atoms with E-state index in [4.69, 9.17) is 25.6 Å². The van der Waals surface area contributed by atoms with Crippen molar-refractivity contribution in [2.24, 2.45) is 0 Å². The molecule has 0 aliphatic rings. The van der Waals surface area contributed by atoms with Crippen molar-refractivity contribution >= 4 is 23.0 Å². The van der Waals surface area contributed by atoms with E-state index < -0.39 is 5.91 Å². The number of nitrogen functional groups attached to an aromatic ring is 1. The van der Waals surface area contributed by atoms with E-state index >= 15 is 0 Å². The number of carbonyl (C=O) groups excluding carboxylic acids is 1. The zero-order valence-electron chi connectivity index (χ0n) is 14.3. The van der Waals surface area contributed by atoms with Crippen LogP contribution in [0.3, 0.4) is 0 Å². The van der Waals surface area contributed by atoms with Crippen LogP contribution in [0, 0.1) is 16.7 Å². The number of hydrogen-bond acceptors (Lipinski definition) is 7. The molecule has 0 saturated carbocycles. The lowest BCUT2D eigenvalue weighted by Crippen LogP contribution is -2.14. The van der Waals surface area contributed by atoms with Crippen LogP contribution in [0.15, 0.2) is 53.4 Å². The number of oxazole rings is 1. The summed E-state index contributed by atoms with van der Waals surface area (Å²) >= 11 is 0. The van der Waals surface area contributed by atoms with E-state index in [-0.39, 0.29) is 22.8 Å². The predicted octanol–water partition coefficient (Wildman–Crippen LogP) is 2.81. The van der Waals surface area contributed by atoms with Crippen molar-refractivity contribution in [3.05, 3.63) is 71.4 Å². The Morgan fingerprint density at radius 3 is 2.78 bits per heavy atom. The summed E-state index contributed by atoms with van der Waals surface area (Å²) in [5.74, 6) is 0.133. The Bertz CT molecular complexity index is 1050. The van der Waals surface area contributed by atoms with Crippen LogP contribution >= 0.6 is 0 Å². The highest BCUT2D eigenvalue weighted by Crippen LogP contribution is 2.24. The summed E-state index contributed by atoms with van der Waals surface area (Å²) in [4.78, 5) is 16.4. The van der Waals surface area contributed by atoms with E-state index in [2.05, 4.69) is 10.3 Å². The summed E-state index contributed by atoms with van der Waals surface area (Å²) in [7, 11) is 1.42. The van der Waals surface area contributed by atoms with Gasteiger partial charge in [0, 0.05) is 16.9 Å². The Morgan fingerprint density at radius 1 is 1.30 bits per heavy atom. The van der Waals surface area contributed by atoms with Crippen molar-refractivity contribution in [2.75, 3.05) is 18.2 Å². The number of nitrogens with two attached hydrogens (primary N) is 1. The number of nitriles is 1. The number of nitrogens with zero attached hydrogens (tertiary/aromatic N) is 2. The third-order valence-corrected chi connectivity index (χ3v) is 3.83. The molecule has 0 unspecified atom stereocenters. The molecule has 0 spiro atoms. The number of anilines is 2. The molecule has 1 heterocycles. The number of benzene rings is 2. The largest absolute Gasteiger partial charge is 0.496 e. The fraction of sp³-hybridized carbons (Fsp3) is 0.0526. The van der Waals surface area contributed by atoms with Gasteiger partial charge in [0.2, 0.25) is 0 Å².